The zero-order valence-electron chi connectivity index (χ0n) is 12.9. The van der Waals surface area contributed by atoms with Crippen LogP contribution in [0.1, 0.15) is 12.5 Å². The Balaban J connectivity index is 2.00. The lowest BCUT2D eigenvalue weighted by Crippen LogP contribution is -2.41. The average molecular weight is 303 g/mol. The fourth-order valence-electron chi connectivity index (χ4n) is 2.08. The van der Waals surface area contributed by atoms with E-state index in [1.54, 1.807) is 31.5 Å². The van der Waals surface area contributed by atoms with E-state index in [9.17, 15) is 4.79 Å². The van der Waals surface area contributed by atoms with Gasteiger partial charge in [-0.15, -0.1) is 0 Å². The predicted octanol–water partition coefficient (Wildman–Crippen LogP) is 2.72. The predicted molar refractivity (Wildman–Crippen MR) is 82.5 cm³/mol. The second-order valence-electron chi connectivity index (χ2n) is 4.96. The van der Waals surface area contributed by atoms with Gasteiger partial charge in [0.25, 0.3) is 5.91 Å². The van der Waals surface area contributed by atoms with Crippen molar-refractivity contribution in [2.75, 3.05) is 20.3 Å². The van der Waals surface area contributed by atoms with Gasteiger partial charge in [-0.05, 0) is 25.1 Å². The summed E-state index contributed by atoms with van der Waals surface area (Å²) in [5.74, 6) is 0.598. The highest BCUT2D eigenvalue weighted by Gasteiger charge is 2.22. The van der Waals surface area contributed by atoms with E-state index < -0.39 is 6.10 Å². The van der Waals surface area contributed by atoms with Crippen LogP contribution in [0.2, 0.25) is 0 Å². The second-order valence-corrected chi connectivity index (χ2v) is 4.96. The number of amides is 1. The molecule has 0 spiro atoms. The molecule has 0 aliphatic heterocycles. The van der Waals surface area contributed by atoms with Crippen molar-refractivity contribution in [2.45, 2.75) is 19.6 Å². The number of carbonyl (C=O) groups is 1. The Morgan fingerprint density at radius 1 is 1.27 bits per heavy atom. The van der Waals surface area contributed by atoms with Crippen molar-refractivity contribution in [3.8, 4) is 5.75 Å². The highest BCUT2D eigenvalue weighted by Crippen LogP contribution is 2.13. The number of carbonyl (C=O) groups excluding carboxylic acids is 1. The maximum absolute atomic E-state index is 12.6. The highest BCUT2D eigenvalue weighted by atomic mass is 16.5. The summed E-state index contributed by atoms with van der Waals surface area (Å²) in [4.78, 5) is 14.3. The molecule has 1 amide bonds. The third-order valence-corrected chi connectivity index (χ3v) is 3.23. The van der Waals surface area contributed by atoms with Crippen molar-refractivity contribution in [3.63, 3.8) is 0 Å². The average Bonchev–Trinajstić information content (AvgIpc) is 3.04. The van der Waals surface area contributed by atoms with E-state index in [4.69, 9.17) is 13.9 Å². The van der Waals surface area contributed by atoms with Gasteiger partial charge >= 0.3 is 0 Å². The van der Waals surface area contributed by atoms with Gasteiger partial charge in [-0.1, -0.05) is 18.2 Å². The zero-order valence-corrected chi connectivity index (χ0v) is 12.9. The highest BCUT2D eigenvalue weighted by molar-refractivity contribution is 5.80. The molecule has 0 N–H and O–H groups in total. The maximum Gasteiger partial charge on any atom is 0.263 e. The zero-order chi connectivity index (χ0) is 15.8. The van der Waals surface area contributed by atoms with Crippen molar-refractivity contribution < 1.29 is 18.7 Å². The number of furan rings is 1. The van der Waals surface area contributed by atoms with Gasteiger partial charge < -0.3 is 18.8 Å². The van der Waals surface area contributed by atoms with Crippen LogP contribution in [0.3, 0.4) is 0 Å². The first-order chi connectivity index (χ1) is 10.7. The van der Waals surface area contributed by atoms with Crippen LogP contribution < -0.4 is 4.74 Å². The molecule has 22 heavy (non-hydrogen) atoms. The summed E-state index contributed by atoms with van der Waals surface area (Å²) in [6.07, 6.45) is 2.67. The lowest BCUT2D eigenvalue weighted by atomic mass is 10.2. The monoisotopic (exact) mass is 303 g/mol. The normalized spacial score (nSPS) is 11.9. The van der Waals surface area contributed by atoms with E-state index >= 15 is 0 Å². The number of nitrogens with zero attached hydrogens (tertiary/aromatic N) is 1. The number of ether oxygens (including phenoxy) is 2. The molecule has 5 heteroatoms. The molecular weight excluding hydrogens is 282 g/mol. The Kier molecular flexibility index (Phi) is 6.03. The van der Waals surface area contributed by atoms with Gasteiger partial charge in [-0.3, -0.25) is 4.79 Å². The van der Waals surface area contributed by atoms with E-state index in [0.717, 1.165) is 5.56 Å². The minimum atomic E-state index is -0.564. The molecule has 1 atom stereocenters. The summed E-state index contributed by atoms with van der Waals surface area (Å²) in [5.41, 5.74) is 0.941. The molecule has 2 rings (SSSR count). The lowest BCUT2D eigenvalue weighted by Gasteiger charge is -2.25. The van der Waals surface area contributed by atoms with Gasteiger partial charge in [0.05, 0.1) is 19.1 Å². The minimum absolute atomic E-state index is 0.0814. The van der Waals surface area contributed by atoms with Gasteiger partial charge in [0.2, 0.25) is 0 Å². The van der Waals surface area contributed by atoms with E-state index in [0.29, 0.717) is 25.4 Å². The second kappa shape index (κ2) is 8.24. The molecule has 1 heterocycles. The first kappa shape index (κ1) is 16.1. The molecular formula is C17H21NO4. The minimum Gasteiger partial charge on any atom is -0.481 e. The molecule has 0 bridgehead atoms. The molecule has 2 aromatic rings. The van der Waals surface area contributed by atoms with Crippen molar-refractivity contribution in [1.82, 2.24) is 4.90 Å². The summed E-state index contributed by atoms with van der Waals surface area (Å²) in [5, 5.41) is 0. The van der Waals surface area contributed by atoms with Crippen LogP contribution in [-0.2, 0) is 16.1 Å². The molecule has 1 aromatic heterocycles. The number of benzene rings is 1. The third kappa shape index (κ3) is 4.63. The quantitative estimate of drug-likeness (QED) is 0.752. The topological polar surface area (TPSA) is 51.9 Å². The molecule has 0 aliphatic rings. The van der Waals surface area contributed by atoms with Gasteiger partial charge in [-0.25, -0.2) is 0 Å². The van der Waals surface area contributed by atoms with Crippen LogP contribution in [0.25, 0.3) is 0 Å². The molecule has 118 valence electrons. The Hall–Kier alpha value is -2.27. The number of methoxy groups -OCH3 is 1. The van der Waals surface area contributed by atoms with Crippen molar-refractivity contribution in [2.24, 2.45) is 0 Å². The fraction of sp³-hybridized carbons (Fsp3) is 0.353. The number of para-hydroxylation sites is 1. The van der Waals surface area contributed by atoms with Gasteiger partial charge in [0.1, 0.15) is 5.75 Å². The van der Waals surface area contributed by atoms with Crippen LogP contribution >= 0.6 is 0 Å². The first-order valence-corrected chi connectivity index (χ1v) is 7.21. The largest absolute Gasteiger partial charge is 0.481 e. The van der Waals surface area contributed by atoms with Crippen LogP contribution in [0.4, 0.5) is 0 Å². The smallest absolute Gasteiger partial charge is 0.263 e. The van der Waals surface area contributed by atoms with E-state index in [-0.39, 0.29) is 5.91 Å². The van der Waals surface area contributed by atoms with Crippen LogP contribution in [0.15, 0.2) is 53.3 Å². The maximum atomic E-state index is 12.6. The Morgan fingerprint density at radius 3 is 2.68 bits per heavy atom. The fourth-order valence-corrected chi connectivity index (χ4v) is 2.08. The van der Waals surface area contributed by atoms with Gasteiger partial charge in [-0.2, -0.15) is 0 Å². The molecule has 0 aliphatic carbocycles. The van der Waals surface area contributed by atoms with Gasteiger partial charge in [0, 0.05) is 25.8 Å². The Bertz CT molecular complexity index is 553. The van der Waals surface area contributed by atoms with E-state index in [1.165, 1.54) is 0 Å². The number of rotatable bonds is 8. The number of hydrogen-bond donors (Lipinski definition) is 0. The molecule has 5 nitrogen and oxygen atoms in total. The van der Waals surface area contributed by atoms with Crippen LogP contribution in [0, 0.1) is 0 Å². The first-order valence-electron chi connectivity index (χ1n) is 7.21. The summed E-state index contributed by atoms with van der Waals surface area (Å²) in [6, 6.07) is 11.2. The molecule has 1 unspecified atom stereocenters. The summed E-state index contributed by atoms with van der Waals surface area (Å²) in [7, 11) is 1.62. The van der Waals surface area contributed by atoms with Crippen molar-refractivity contribution in [1.29, 1.82) is 0 Å². The van der Waals surface area contributed by atoms with Crippen LogP contribution in [0.5, 0.6) is 5.75 Å². The lowest BCUT2D eigenvalue weighted by molar-refractivity contribution is -0.139. The SMILES string of the molecule is COCCN(Cc1ccoc1)C(=O)C(C)Oc1ccccc1. The molecule has 0 fully saturated rings. The van der Waals surface area contributed by atoms with Crippen molar-refractivity contribution >= 4 is 5.91 Å². The third-order valence-electron chi connectivity index (χ3n) is 3.23. The van der Waals surface area contributed by atoms with E-state index in [2.05, 4.69) is 0 Å². The van der Waals surface area contributed by atoms with Gasteiger partial charge in [0.15, 0.2) is 6.10 Å². The summed E-state index contributed by atoms with van der Waals surface area (Å²) < 4.78 is 15.8. The molecule has 1 aromatic carbocycles. The molecule has 0 saturated carbocycles. The molecule has 0 radical (unpaired) electrons. The van der Waals surface area contributed by atoms with Crippen molar-refractivity contribution in [3.05, 3.63) is 54.5 Å². The Labute approximate surface area is 130 Å². The summed E-state index contributed by atoms with van der Waals surface area (Å²) in [6.45, 7) is 3.20. The standard InChI is InChI=1S/C17H21NO4/c1-14(22-16-6-4-3-5-7-16)17(19)18(9-11-20-2)12-15-8-10-21-13-15/h3-8,10,13-14H,9,11-12H2,1-2H3. The summed E-state index contributed by atoms with van der Waals surface area (Å²) >= 11 is 0. The Morgan fingerprint density at radius 2 is 2.05 bits per heavy atom. The van der Waals surface area contributed by atoms with E-state index in [1.807, 2.05) is 36.4 Å². The molecule has 0 saturated heterocycles. The van der Waals surface area contributed by atoms with Crippen LogP contribution in [-0.4, -0.2) is 37.2 Å². The number of hydrogen-bond acceptors (Lipinski definition) is 4.